The van der Waals surface area contributed by atoms with E-state index >= 15 is 0 Å². The fraction of sp³-hybridized carbons (Fsp3) is 0.917. The van der Waals surface area contributed by atoms with Crippen molar-refractivity contribution in [2.75, 3.05) is 19.0 Å². The second-order valence-corrected chi connectivity index (χ2v) is 6.75. The first-order chi connectivity index (χ1) is 8.63. The van der Waals surface area contributed by atoms with Gasteiger partial charge in [0.05, 0.1) is 18.1 Å². The smallest absolute Gasteiger partial charge is 0.320 e. The van der Waals surface area contributed by atoms with E-state index in [-0.39, 0.29) is 10.7 Å². The molecule has 0 aromatic rings. The lowest BCUT2D eigenvalue weighted by Crippen LogP contribution is -2.58. The Morgan fingerprint density at radius 1 is 1.22 bits per heavy atom. The van der Waals surface area contributed by atoms with E-state index in [0.717, 1.165) is 31.4 Å². The number of carboxylic acid groups (broad SMARTS) is 1. The zero-order valence-corrected chi connectivity index (χ0v) is 11.1. The largest absolute Gasteiger partial charge is 0.480 e. The highest BCUT2D eigenvalue weighted by Gasteiger charge is 2.48. The lowest BCUT2D eigenvalue weighted by molar-refractivity contribution is -0.182. The zero-order valence-electron chi connectivity index (χ0n) is 10.3. The van der Waals surface area contributed by atoms with Crippen LogP contribution in [0.1, 0.15) is 32.1 Å². The molecular formula is C12H19NO4S. The average molecular weight is 273 g/mol. The minimum absolute atomic E-state index is 0.0815. The summed E-state index contributed by atoms with van der Waals surface area (Å²) in [6.07, 6.45) is 4.27. The highest BCUT2D eigenvalue weighted by atomic mass is 32.2. The van der Waals surface area contributed by atoms with Gasteiger partial charge in [0.2, 0.25) is 0 Å². The van der Waals surface area contributed by atoms with Crippen molar-refractivity contribution in [1.29, 1.82) is 0 Å². The number of ether oxygens (including phenoxy) is 2. The SMILES string of the molecule is O=C(O)C1CCSC2(CCC3(CC2)OCCO3)N1. The molecule has 0 amide bonds. The van der Waals surface area contributed by atoms with Gasteiger partial charge in [-0.25, -0.2) is 0 Å². The second kappa shape index (κ2) is 4.67. The van der Waals surface area contributed by atoms with Crippen LogP contribution in [0.15, 0.2) is 0 Å². The van der Waals surface area contributed by atoms with Crippen molar-refractivity contribution in [1.82, 2.24) is 5.32 Å². The number of aliphatic carboxylic acids is 1. The average Bonchev–Trinajstić information content (AvgIpc) is 2.83. The highest BCUT2D eigenvalue weighted by molar-refractivity contribution is 8.00. The summed E-state index contributed by atoms with van der Waals surface area (Å²) in [5, 5.41) is 12.5. The topological polar surface area (TPSA) is 67.8 Å². The molecule has 2 aliphatic heterocycles. The molecule has 3 aliphatic rings. The molecule has 2 heterocycles. The van der Waals surface area contributed by atoms with E-state index in [1.54, 1.807) is 0 Å². The predicted molar refractivity (Wildman–Crippen MR) is 67.5 cm³/mol. The summed E-state index contributed by atoms with van der Waals surface area (Å²) in [7, 11) is 0. The molecule has 1 unspecified atom stereocenters. The summed E-state index contributed by atoms with van der Waals surface area (Å²) in [5.74, 6) is -0.189. The van der Waals surface area contributed by atoms with Crippen LogP contribution in [0.3, 0.4) is 0 Å². The van der Waals surface area contributed by atoms with Crippen molar-refractivity contribution in [2.24, 2.45) is 0 Å². The predicted octanol–water partition coefficient (Wildman–Crippen LogP) is 1.18. The number of hydrogen-bond donors (Lipinski definition) is 2. The van der Waals surface area contributed by atoms with Gasteiger partial charge in [0.1, 0.15) is 6.04 Å². The molecule has 6 heteroatoms. The molecule has 18 heavy (non-hydrogen) atoms. The van der Waals surface area contributed by atoms with Crippen LogP contribution in [0.2, 0.25) is 0 Å². The Hall–Kier alpha value is -0.300. The van der Waals surface area contributed by atoms with Gasteiger partial charge in [0.25, 0.3) is 0 Å². The first-order valence-corrected chi connectivity index (χ1v) is 7.54. The number of thioether (sulfide) groups is 1. The van der Waals surface area contributed by atoms with E-state index in [0.29, 0.717) is 19.6 Å². The van der Waals surface area contributed by atoms with Gasteiger partial charge in [-0.3, -0.25) is 10.1 Å². The van der Waals surface area contributed by atoms with Crippen LogP contribution in [0.25, 0.3) is 0 Å². The van der Waals surface area contributed by atoms with E-state index < -0.39 is 12.0 Å². The Bertz CT molecular complexity index is 333. The molecule has 0 aromatic heterocycles. The fourth-order valence-corrected chi connectivity index (χ4v) is 4.56. The van der Waals surface area contributed by atoms with E-state index in [4.69, 9.17) is 14.6 Å². The van der Waals surface area contributed by atoms with E-state index in [1.807, 2.05) is 11.8 Å². The minimum Gasteiger partial charge on any atom is -0.480 e. The van der Waals surface area contributed by atoms with Gasteiger partial charge < -0.3 is 14.6 Å². The molecule has 2 N–H and O–H groups in total. The molecule has 0 aromatic carbocycles. The standard InChI is InChI=1S/C12H19NO4S/c14-10(15)9-1-8-18-11(13-9)2-4-12(5-3-11)16-6-7-17-12/h9,13H,1-8H2,(H,14,15). The van der Waals surface area contributed by atoms with Crippen molar-refractivity contribution in [3.8, 4) is 0 Å². The summed E-state index contributed by atoms with van der Waals surface area (Å²) in [6.45, 7) is 1.37. The third kappa shape index (κ3) is 2.27. The van der Waals surface area contributed by atoms with E-state index in [1.165, 1.54) is 0 Å². The number of carboxylic acids is 1. The maximum absolute atomic E-state index is 11.1. The molecule has 0 radical (unpaired) electrons. The summed E-state index contributed by atoms with van der Waals surface area (Å²) in [4.78, 5) is 11.0. The minimum atomic E-state index is -0.733. The molecule has 1 atom stereocenters. The third-order valence-electron chi connectivity index (χ3n) is 4.15. The molecule has 2 spiro atoms. The normalized spacial score (nSPS) is 33.9. The van der Waals surface area contributed by atoms with Crippen molar-refractivity contribution in [3.05, 3.63) is 0 Å². The first-order valence-electron chi connectivity index (χ1n) is 6.56. The van der Waals surface area contributed by atoms with Gasteiger partial charge in [0.15, 0.2) is 5.79 Å². The van der Waals surface area contributed by atoms with Crippen LogP contribution in [0.5, 0.6) is 0 Å². The van der Waals surface area contributed by atoms with Crippen LogP contribution >= 0.6 is 11.8 Å². The summed E-state index contributed by atoms with van der Waals surface area (Å²) >= 11 is 1.86. The third-order valence-corrected chi connectivity index (χ3v) is 5.67. The second-order valence-electron chi connectivity index (χ2n) is 5.27. The van der Waals surface area contributed by atoms with Gasteiger partial charge in [-0.1, -0.05) is 0 Å². The van der Waals surface area contributed by atoms with Gasteiger partial charge in [0, 0.05) is 12.8 Å². The Morgan fingerprint density at radius 3 is 2.50 bits per heavy atom. The molecular weight excluding hydrogens is 254 g/mol. The number of hydrogen-bond acceptors (Lipinski definition) is 5. The van der Waals surface area contributed by atoms with Gasteiger partial charge in [-0.2, -0.15) is 0 Å². The van der Waals surface area contributed by atoms with Crippen molar-refractivity contribution in [2.45, 2.75) is 48.8 Å². The van der Waals surface area contributed by atoms with Crippen molar-refractivity contribution in [3.63, 3.8) is 0 Å². The number of carbonyl (C=O) groups is 1. The molecule has 1 saturated carbocycles. The monoisotopic (exact) mass is 273 g/mol. The van der Waals surface area contributed by atoms with Gasteiger partial charge >= 0.3 is 5.97 Å². The van der Waals surface area contributed by atoms with E-state index in [2.05, 4.69) is 5.32 Å². The summed E-state index contributed by atoms with van der Waals surface area (Å²) in [6, 6.07) is -0.397. The maximum atomic E-state index is 11.1. The Balaban J connectivity index is 1.65. The van der Waals surface area contributed by atoms with E-state index in [9.17, 15) is 4.79 Å². The lowest BCUT2D eigenvalue weighted by atomic mass is 9.88. The Morgan fingerprint density at radius 2 is 1.89 bits per heavy atom. The maximum Gasteiger partial charge on any atom is 0.320 e. The molecule has 0 bridgehead atoms. The Kier molecular flexibility index (Phi) is 3.30. The van der Waals surface area contributed by atoms with Gasteiger partial charge in [-0.05, 0) is 25.0 Å². The number of nitrogens with one attached hydrogen (secondary N) is 1. The van der Waals surface area contributed by atoms with Crippen LogP contribution in [-0.4, -0.2) is 46.7 Å². The van der Waals surface area contributed by atoms with Crippen molar-refractivity contribution < 1.29 is 19.4 Å². The first kappa shape index (κ1) is 12.7. The molecule has 3 fully saturated rings. The van der Waals surface area contributed by atoms with Crippen LogP contribution < -0.4 is 5.32 Å². The summed E-state index contributed by atoms with van der Waals surface area (Å²) < 4.78 is 11.4. The molecule has 2 saturated heterocycles. The van der Waals surface area contributed by atoms with Crippen LogP contribution in [0, 0.1) is 0 Å². The lowest BCUT2D eigenvalue weighted by Gasteiger charge is -2.47. The van der Waals surface area contributed by atoms with Crippen LogP contribution in [0.4, 0.5) is 0 Å². The molecule has 1 aliphatic carbocycles. The molecule has 3 rings (SSSR count). The van der Waals surface area contributed by atoms with Crippen molar-refractivity contribution >= 4 is 17.7 Å². The summed E-state index contributed by atoms with van der Waals surface area (Å²) in [5.41, 5.74) is 0. The molecule has 102 valence electrons. The highest BCUT2D eigenvalue weighted by Crippen LogP contribution is 2.46. The Labute approximate surface area is 111 Å². The number of rotatable bonds is 1. The quantitative estimate of drug-likeness (QED) is 0.748. The zero-order chi connectivity index (χ0) is 12.6. The van der Waals surface area contributed by atoms with Crippen LogP contribution in [-0.2, 0) is 14.3 Å². The van der Waals surface area contributed by atoms with Gasteiger partial charge in [-0.15, -0.1) is 11.8 Å². The molecule has 5 nitrogen and oxygen atoms in total. The fourth-order valence-electron chi connectivity index (χ4n) is 3.10.